The van der Waals surface area contributed by atoms with Gasteiger partial charge in [0, 0.05) is 5.30 Å². The van der Waals surface area contributed by atoms with E-state index in [-0.39, 0.29) is 0 Å². The van der Waals surface area contributed by atoms with E-state index in [0.717, 1.165) is 0 Å². The number of hydrogen-bond acceptors (Lipinski definition) is 0. The number of aryl methyl sites for hydroxylation is 6. The van der Waals surface area contributed by atoms with E-state index < -0.39 is 15.2 Å². The van der Waals surface area contributed by atoms with Crippen LogP contribution in [-0.4, -0.2) is 0 Å². The van der Waals surface area contributed by atoms with Crippen LogP contribution in [0.15, 0.2) is 140 Å². The van der Waals surface area contributed by atoms with E-state index in [4.69, 9.17) is 0 Å². The predicted molar refractivity (Wildman–Crippen MR) is 198 cm³/mol. The molecule has 0 spiro atoms. The summed E-state index contributed by atoms with van der Waals surface area (Å²) in [5.74, 6) is 0. The van der Waals surface area contributed by atoms with Gasteiger partial charge in [0.2, 0.25) is 0 Å². The van der Waals surface area contributed by atoms with Crippen LogP contribution < -0.4 is 37.1 Å². The Kier molecular flexibility index (Phi) is 8.69. The summed E-state index contributed by atoms with van der Waals surface area (Å²) < 4.78 is 0. The fourth-order valence-electron chi connectivity index (χ4n) is 6.43. The molecule has 0 aliphatic carbocycles. The lowest BCUT2D eigenvalue weighted by atomic mass is 10.2. The van der Waals surface area contributed by atoms with Crippen molar-refractivity contribution in [3.63, 3.8) is 0 Å². The van der Waals surface area contributed by atoms with Crippen LogP contribution in [0.1, 0.15) is 33.4 Å². The predicted octanol–water partition coefficient (Wildman–Crippen LogP) is 7.91. The lowest BCUT2D eigenvalue weighted by Gasteiger charge is -2.32. The molecule has 0 fully saturated rings. The molecule has 0 aromatic heterocycles. The second-order valence-corrected chi connectivity index (χ2v) is 17.8. The van der Waals surface area contributed by atoms with Crippen molar-refractivity contribution >= 4 is 52.3 Å². The van der Waals surface area contributed by atoms with E-state index in [0.29, 0.717) is 0 Å². The van der Waals surface area contributed by atoms with Crippen LogP contribution in [0.4, 0.5) is 0 Å². The van der Waals surface area contributed by atoms with Gasteiger partial charge in [-0.15, -0.1) is 0 Å². The lowest BCUT2D eigenvalue weighted by Crippen LogP contribution is -2.45. The maximum Gasteiger partial charge on any atom is 0.145 e. The van der Waals surface area contributed by atoms with Gasteiger partial charge in [-0.25, -0.2) is 0 Å². The molecule has 0 saturated heterocycles. The van der Waals surface area contributed by atoms with Gasteiger partial charge in [-0.05, 0) is 125 Å². The lowest BCUT2D eigenvalue weighted by molar-refractivity contribution is 1.48. The fourth-order valence-corrected chi connectivity index (χ4v) is 14.4. The Balaban J connectivity index is 1.81. The average Bonchev–Trinajstić information content (AvgIpc) is 2.99. The summed E-state index contributed by atoms with van der Waals surface area (Å²) >= 11 is 0. The molecular formula is C42H41P2+. The van der Waals surface area contributed by atoms with Crippen molar-refractivity contribution < 1.29 is 0 Å². The van der Waals surface area contributed by atoms with Crippen LogP contribution in [-0.2, 0) is 0 Å². The maximum absolute atomic E-state index is 2.50. The van der Waals surface area contributed by atoms with Crippen molar-refractivity contribution in [3.05, 3.63) is 173 Å². The van der Waals surface area contributed by atoms with Crippen LogP contribution in [0, 0.1) is 41.5 Å². The largest absolute Gasteiger partial charge is 0.145 e. The van der Waals surface area contributed by atoms with Crippen LogP contribution in [0.5, 0.6) is 0 Å². The Morgan fingerprint density at radius 2 is 0.727 bits per heavy atom. The van der Waals surface area contributed by atoms with Gasteiger partial charge < -0.3 is 0 Å². The SMILES string of the molecule is Cc1cccc(P(c2cccc(C)c2)c2cc(C)ccc2[P+](c2cccc(C)c2)(c2cccc(C)c2)c2cccc(C)c2)c1. The van der Waals surface area contributed by atoms with E-state index in [9.17, 15) is 0 Å². The van der Waals surface area contributed by atoms with Crippen molar-refractivity contribution in [2.75, 3.05) is 0 Å². The molecule has 0 N–H and O–H groups in total. The Morgan fingerprint density at radius 1 is 0.364 bits per heavy atom. The first-order valence-corrected chi connectivity index (χ1v) is 18.5. The first-order chi connectivity index (χ1) is 21.3. The third-order valence-corrected chi connectivity index (χ3v) is 15.3. The summed E-state index contributed by atoms with van der Waals surface area (Å²) in [6.45, 7) is 13.4. The highest BCUT2D eigenvalue weighted by Gasteiger charge is 2.50. The molecule has 6 aromatic carbocycles. The molecule has 0 radical (unpaired) electrons. The summed E-state index contributed by atoms with van der Waals surface area (Å²) in [6.07, 6.45) is 0. The normalized spacial score (nSPS) is 11.6. The van der Waals surface area contributed by atoms with Gasteiger partial charge >= 0.3 is 0 Å². The zero-order valence-electron chi connectivity index (χ0n) is 26.7. The second-order valence-electron chi connectivity index (χ2n) is 12.2. The third kappa shape index (κ3) is 5.83. The van der Waals surface area contributed by atoms with Gasteiger partial charge in [-0.2, -0.15) is 0 Å². The molecule has 2 heteroatoms. The zero-order valence-corrected chi connectivity index (χ0v) is 28.5. The van der Waals surface area contributed by atoms with Crippen molar-refractivity contribution in [1.29, 1.82) is 0 Å². The van der Waals surface area contributed by atoms with E-state index in [1.54, 1.807) is 0 Å². The van der Waals surface area contributed by atoms with Crippen molar-refractivity contribution in [3.8, 4) is 0 Å². The Morgan fingerprint density at radius 3 is 1.11 bits per heavy atom. The maximum atomic E-state index is 2.50. The smallest absolute Gasteiger partial charge is 0.0613 e. The van der Waals surface area contributed by atoms with Gasteiger partial charge in [0.15, 0.2) is 0 Å². The van der Waals surface area contributed by atoms with Crippen LogP contribution in [0.3, 0.4) is 0 Å². The van der Waals surface area contributed by atoms with E-state index in [2.05, 4.69) is 181 Å². The van der Waals surface area contributed by atoms with Crippen LogP contribution >= 0.6 is 15.2 Å². The molecule has 0 aliphatic rings. The summed E-state index contributed by atoms with van der Waals surface area (Å²) in [4.78, 5) is 0. The average molecular weight is 608 g/mol. The first kappa shape index (κ1) is 30.2. The summed E-state index contributed by atoms with van der Waals surface area (Å²) in [5.41, 5.74) is 7.77. The highest BCUT2D eigenvalue weighted by molar-refractivity contribution is 8.02. The molecule has 6 aromatic rings. The number of rotatable bonds is 7. The molecular weight excluding hydrogens is 566 g/mol. The van der Waals surface area contributed by atoms with E-state index in [1.165, 1.54) is 70.5 Å². The van der Waals surface area contributed by atoms with Gasteiger partial charge in [0.1, 0.15) is 28.5 Å². The second kappa shape index (κ2) is 12.7. The molecule has 0 saturated carbocycles. The number of hydrogen-bond donors (Lipinski definition) is 0. The molecule has 0 unspecified atom stereocenters. The van der Waals surface area contributed by atoms with Crippen molar-refractivity contribution in [2.45, 2.75) is 41.5 Å². The van der Waals surface area contributed by atoms with Gasteiger partial charge in [-0.3, -0.25) is 0 Å². The number of benzene rings is 6. The fraction of sp³-hybridized carbons (Fsp3) is 0.143. The van der Waals surface area contributed by atoms with Crippen LogP contribution in [0.25, 0.3) is 0 Å². The van der Waals surface area contributed by atoms with Gasteiger partial charge in [0.05, 0.1) is 0 Å². The van der Waals surface area contributed by atoms with Crippen molar-refractivity contribution in [2.24, 2.45) is 0 Å². The Labute approximate surface area is 265 Å². The molecule has 0 heterocycles. The minimum Gasteiger partial charge on any atom is -0.0613 e. The topological polar surface area (TPSA) is 0 Å². The summed E-state index contributed by atoms with van der Waals surface area (Å²) in [7, 11) is -3.19. The third-order valence-electron chi connectivity index (χ3n) is 8.42. The minimum absolute atomic E-state index is 0.846. The molecule has 0 nitrogen and oxygen atoms in total. The Hall–Kier alpha value is -3.82. The Bertz CT molecular complexity index is 1790. The first-order valence-electron chi connectivity index (χ1n) is 15.4. The molecule has 44 heavy (non-hydrogen) atoms. The summed E-state index contributed by atoms with van der Waals surface area (Å²) in [5, 5.41) is 9.92. The quantitative estimate of drug-likeness (QED) is 0.162. The molecule has 0 atom stereocenters. The van der Waals surface area contributed by atoms with E-state index in [1.807, 2.05) is 0 Å². The van der Waals surface area contributed by atoms with E-state index >= 15 is 0 Å². The molecule has 6 rings (SSSR count). The highest BCUT2D eigenvalue weighted by atomic mass is 31.2. The summed E-state index contributed by atoms with van der Waals surface area (Å²) in [6, 6.07) is 53.7. The standard InChI is InChI=1S/C42H41P2/c1-30-12-7-17-36(24-30)43(37-18-8-13-31(2)25-37)41-29-35(6)22-23-42(41)44(38-19-9-14-32(3)26-38,39-20-10-15-33(4)27-39)40-21-11-16-34(5)28-40/h7-29H,1-6H3/q+1. The van der Waals surface area contributed by atoms with Gasteiger partial charge in [-0.1, -0.05) is 108 Å². The molecule has 0 amide bonds. The zero-order chi connectivity index (χ0) is 30.8. The molecule has 0 aliphatic heterocycles. The molecule has 0 bridgehead atoms. The van der Waals surface area contributed by atoms with Crippen LogP contribution in [0.2, 0.25) is 0 Å². The monoisotopic (exact) mass is 607 g/mol. The van der Waals surface area contributed by atoms with Gasteiger partial charge in [0.25, 0.3) is 0 Å². The highest BCUT2D eigenvalue weighted by Crippen LogP contribution is 2.55. The minimum atomic E-state index is -2.35. The van der Waals surface area contributed by atoms with Crippen molar-refractivity contribution in [1.82, 2.24) is 0 Å². The molecule has 218 valence electrons.